The fourth-order valence-electron chi connectivity index (χ4n) is 3.25. The minimum Gasteiger partial charge on any atom is -0.465 e. The highest BCUT2D eigenvalue weighted by Crippen LogP contribution is 2.03. The Morgan fingerprint density at radius 2 is 1.14 bits per heavy atom. The van der Waals surface area contributed by atoms with Crippen LogP contribution < -0.4 is 10.6 Å². The van der Waals surface area contributed by atoms with Crippen molar-refractivity contribution in [1.82, 2.24) is 5.32 Å². The Labute approximate surface area is 256 Å². The molecule has 1 amide bonds. The highest BCUT2D eigenvalue weighted by molar-refractivity contribution is 5.77. The number of benzene rings is 1. The molecule has 0 saturated heterocycles. The van der Waals surface area contributed by atoms with Crippen LogP contribution in [0, 0.1) is 11.8 Å². The van der Waals surface area contributed by atoms with Gasteiger partial charge in [0.1, 0.15) is 6.61 Å². The van der Waals surface area contributed by atoms with Gasteiger partial charge in [0.15, 0.2) is 0 Å². The zero-order valence-corrected chi connectivity index (χ0v) is 26.3. The lowest BCUT2D eigenvalue weighted by molar-refractivity contribution is -0.146. The molecule has 0 aromatic heterocycles. The van der Waals surface area contributed by atoms with Crippen molar-refractivity contribution in [2.75, 3.05) is 91.1 Å². The average Bonchev–Trinajstić information content (AvgIpc) is 2.98. The summed E-state index contributed by atoms with van der Waals surface area (Å²) in [4.78, 5) is 36.0. The summed E-state index contributed by atoms with van der Waals surface area (Å²) in [5, 5.41) is 6.07. The van der Waals surface area contributed by atoms with Crippen molar-refractivity contribution in [3.8, 4) is 0 Å². The number of rotatable bonds is 27. The first-order valence-electron chi connectivity index (χ1n) is 15.0. The predicted octanol–water partition coefficient (Wildman–Crippen LogP) is 2.84. The minimum absolute atomic E-state index is 0.106. The van der Waals surface area contributed by atoms with Gasteiger partial charge in [-0.2, -0.15) is 0 Å². The van der Waals surface area contributed by atoms with Gasteiger partial charge in [0.25, 0.3) is 0 Å². The molecule has 0 fully saturated rings. The molecule has 1 rings (SSSR count). The molecule has 0 heterocycles. The summed E-state index contributed by atoms with van der Waals surface area (Å²) in [5.41, 5.74) is 1.05. The van der Waals surface area contributed by atoms with Gasteiger partial charge in [-0.3, -0.25) is 14.4 Å². The maximum atomic E-state index is 12.4. The van der Waals surface area contributed by atoms with Crippen molar-refractivity contribution in [2.24, 2.45) is 11.8 Å². The summed E-state index contributed by atoms with van der Waals surface area (Å²) >= 11 is 0. The zero-order valence-electron chi connectivity index (χ0n) is 26.3. The van der Waals surface area contributed by atoms with E-state index in [4.69, 9.17) is 33.2 Å². The summed E-state index contributed by atoms with van der Waals surface area (Å²) in [6.45, 7) is 11.6. The molecule has 0 radical (unpaired) electrons. The standard InChI is InChI=1S/C31H52N2O10/c1-25(2)20-42-30(35)10-13-39-22-28(23-40-14-11-31(36)43-21-26(3)4)33-29(34)24-41-19-18-38-17-16-37-15-12-32-27-8-6-5-7-9-27/h5-9,25-26,28,32H,10-24H2,1-4H3,(H,33,34). The molecule has 0 atom stereocenters. The largest absolute Gasteiger partial charge is 0.465 e. The van der Waals surface area contributed by atoms with Crippen LogP contribution in [0.5, 0.6) is 0 Å². The van der Waals surface area contributed by atoms with Crippen LogP contribution in [-0.2, 0) is 47.5 Å². The van der Waals surface area contributed by atoms with Crippen LogP contribution in [0.4, 0.5) is 5.69 Å². The van der Waals surface area contributed by atoms with Crippen molar-refractivity contribution >= 4 is 23.5 Å². The fourth-order valence-corrected chi connectivity index (χ4v) is 3.25. The number of ether oxygens (including phenoxy) is 7. The highest BCUT2D eigenvalue weighted by Gasteiger charge is 2.15. The van der Waals surface area contributed by atoms with Crippen LogP contribution in [-0.4, -0.2) is 110 Å². The third-order valence-electron chi connectivity index (χ3n) is 5.39. The van der Waals surface area contributed by atoms with Crippen LogP contribution in [0.3, 0.4) is 0 Å². The number of hydrogen-bond acceptors (Lipinski definition) is 11. The van der Waals surface area contributed by atoms with E-state index in [1.807, 2.05) is 58.0 Å². The number of amides is 1. The van der Waals surface area contributed by atoms with Crippen LogP contribution in [0.25, 0.3) is 0 Å². The van der Waals surface area contributed by atoms with E-state index < -0.39 is 6.04 Å². The molecular weight excluding hydrogens is 560 g/mol. The molecule has 0 aliphatic carbocycles. The Morgan fingerprint density at radius 3 is 1.67 bits per heavy atom. The summed E-state index contributed by atoms with van der Waals surface area (Å²) in [7, 11) is 0. The van der Waals surface area contributed by atoms with E-state index in [0.29, 0.717) is 46.2 Å². The van der Waals surface area contributed by atoms with Gasteiger partial charge in [-0.1, -0.05) is 45.9 Å². The summed E-state index contributed by atoms with van der Waals surface area (Å²) in [6.07, 6.45) is 0.212. The number of esters is 2. The van der Waals surface area contributed by atoms with E-state index >= 15 is 0 Å². The van der Waals surface area contributed by atoms with Crippen LogP contribution >= 0.6 is 0 Å². The molecule has 0 aliphatic heterocycles. The van der Waals surface area contributed by atoms with E-state index in [9.17, 15) is 14.4 Å². The molecule has 0 aliphatic rings. The average molecular weight is 613 g/mol. The van der Waals surface area contributed by atoms with E-state index in [-0.39, 0.29) is 82.2 Å². The Kier molecular flexibility index (Phi) is 22.9. The monoisotopic (exact) mass is 612 g/mol. The topological polar surface area (TPSA) is 140 Å². The molecule has 0 saturated carbocycles. The van der Waals surface area contributed by atoms with Crippen LogP contribution in [0.2, 0.25) is 0 Å². The molecule has 1 aromatic carbocycles. The first-order valence-corrected chi connectivity index (χ1v) is 15.0. The molecule has 2 N–H and O–H groups in total. The predicted molar refractivity (Wildman–Crippen MR) is 162 cm³/mol. The molecule has 0 bridgehead atoms. The van der Waals surface area contributed by atoms with Crippen LogP contribution in [0.15, 0.2) is 30.3 Å². The second-order valence-corrected chi connectivity index (χ2v) is 10.6. The smallest absolute Gasteiger partial charge is 0.308 e. The Bertz CT molecular complexity index is 822. The fraction of sp³-hybridized carbons (Fsp3) is 0.710. The molecule has 0 unspecified atom stereocenters. The number of nitrogens with one attached hydrogen (secondary N) is 2. The number of hydrogen-bond donors (Lipinski definition) is 2. The van der Waals surface area contributed by atoms with Crippen molar-refractivity contribution < 1.29 is 47.5 Å². The van der Waals surface area contributed by atoms with Gasteiger partial charge >= 0.3 is 11.9 Å². The van der Waals surface area contributed by atoms with Crippen molar-refractivity contribution in [3.63, 3.8) is 0 Å². The third-order valence-corrected chi connectivity index (χ3v) is 5.39. The van der Waals surface area contributed by atoms with Crippen molar-refractivity contribution in [3.05, 3.63) is 30.3 Å². The van der Waals surface area contributed by atoms with Gasteiger partial charge in [-0.25, -0.2) is 0 Å². The molecule has 0 spiro atoms. The Morgan fingerprint density at radius 1 is 0.628 bits per heavy atom. The van der Waals surface area contributed by atoms with Gasteiger partial charge in [0.05, 0.1) is 91.6 Å². The summed E-state index contributed by atoms with van der Waals surface area (Å²) < 4.78 is 37.8. The molecule has 246 valence electrons. The SMILES string of the molecule is CC(C)COC(=O)CCOCC(COCCC(=O)OCC(C)C)NC(=O)COCCOCCOCCNc1ccccc1. The summed E-state index contributed by atoms with van der Waals surface area (Å²) in [6, 6.07) is 9.40. The Hall–Kier alpha value is -2.77. The zero-order chi connectivity index (χ0) is 31.5. The molecule has 12 nitrogen and oxygen atoms in total. The van der Waals surface area contributed by atoms with Crippen molar-refractivity contribution in [1.29, 1.82) is 0 Å². The molecule has 12 heteroatoms. The lowest BCUT2D eigenvalue weighted by Gasteiger charge is -2.19. The van der Waals surface area contributed by atoms with Crippen LogP contribution in [0.1, 0.15) is 40.5 Å². The van der Waals surface area contributed by atoms with Gasteiger partial charge < -0.3 is 43.8 Å². The number of carbonyl (C=O) groups is 3. The molecule has 1 aromatic rings. The van der Waals surface area contributed by atoms with Crippen molar-refractivity contribution in [2.45, 2.75) is 46.6 Å². The minimum atomic E-state index is -0.501. The van der Waals surface area contributed by atoms with Gasteiger partial charge in [-0.15, -0.1) is 0 Å². The summed E-state index contributed by atoms with van der Waals surface area (Å²) in [5.74, 6) is -0.519. The lowest BCUT2D eigenvalue weighted by atomic mass is 10.2. The molecule has 43 heavy (non-hydrogen) atoms. The van der Waals surface area contributed by atoms with E-state index in [1.54, 1.807) is 0 Å². The molecular formula is C31H52N2O10. The maximum absolute atomic E-state index is 12.4. The van der Waals surface area contributed by atoms with Gasteiger partial charge in [0, 0.05) is 12.2 Å². The third kappa shape index (κ3) is 24.4. The number of anilines is 1. The lowest BCUT2D eigenvalue weighted by Crippen LogP contribution is -2.43. The van der Waals surface area contributed by atoms with Gasteiger partial charge in [-0.05, 0) is 24.0 Å². The second kappa shape index (κ2) is 25.7. The maximum Gasteiger partial charge on any atom is 0.308 e. The number of carbonyl (C=O) groups excluding carboxylic acids is 3. The quantitative estimate of drug-likeness (QED) is 0.112. The van der Waals surface area contributed by atoms with Gasteiger partial charge in [0.2, 0.25) is 5.91 Å². The first kappa shape index (κ1) is 38.3. The second-order valence-electron chi connectivity index (χ2n) is 10.6. The number of para-hydroxylation sites is 1. The first-order chi connectivity index (χ1) is 20.8. The Balaban J connectivity index is 2.21. The highest BCUT2D eigenvalue weighted by atomic mass is 16.6. The van der Waals surface area contributed by atoms with E-state index in [0.717, 1.165) is 5.69 Å². The van der Waals surface area contributed by atoms with E-state index in [1.165, 1.54) is 0 Å². The normalized spacial score (nSPS) is 11.2. The van der Waals surface area contributed by atoms with E-state index in [2.05, 4.69) is 10.6 Å².